The first-order valence-corrected chi connectivity index (χ1v) is 23.0. The SMILES string of the molecule is CC(=O)O[C@@H](C)/C=C\C(=O)N[C@@H]1C[C@H](C)[C@H](C/C=C(C)/C=C/[C@H]2O[C@H](CC(=O)NNC(=O)OCc3ccc(N(C(N)=O)C(=O)[C@H](CCCN)NC(=O)[C@@H](N)C(C)C)cc3)C[C@@]3(CO3)[C@@H]2O)O[C@@H]1C. The zero-order valence-corrected chi connectivity index (χ0v) is 39.9. The average Bonchev–Trinajstić information content (AvgIpc) is 4.06. The molecule has 1 aromatic rings. The predicted molar refractivity (Wildman–Crippen MR) is 249 cm³/mol. The lowest BCUT2D eigenvalue weighted by Crippen LogP contribution is -2.56. The van der Waals surface area contributed by atoms with Crippen LogP contribution in [0.4, 0.5) is 15.3 Å². The highest BCUT2D eigenvalue weighted by molar-refractivity contribution is 6.16. The number of hydrogen-bond acceptors (Lipinski definition) is 15. The number of anilines is 1. The van der Waals surface area contributed by atoms with Gasteiger partial charge in [0.15, 0.2) is 0 Å². The van der Waals surface area contributed by atoms with Crippen LogP contribution in [0, 0.1) is 11.8 Å². The van der Waals surface area contributed by atoms with Crippen LogP contribution < -0.4 is 43.6 Å². The maximum Gasteiger partial charge on any atom is 0.426 e. The standard InChI is InChI=1S/C47H70N8O13/c1-26(2)41(49)43(60)52-35(9-8-20-48)44(61)55(45(50)62)33-15-13-32(14-16-33)24-64-46(63)54-53-40(58)22-34-23-47(25-65-47)42(59)38(68-34)18-11-27(3)10-17-37-28(4)21-36(30(6)67-37)51-39(57)19-12-29(5)66-31(7)56/h10-16,18-19,26,28-30,34-38,41-42,59H,8-9,17,20-25,48-49H2,1-7H3,(H2,50,62)(H,51,57)(H,52,60)(H,53,58)(H,54,63)/b18-11+,19-12-,27-10+/t28-,29-,30+,34+,35-,36+,37-,38+,41-,42+,47+/m0/s1. The summed E-state index contributed by atoms with van der Waals surface area (Å²) >= 11 is 0. The van der Waals surface area contributed by atoms with Crippen molar-refractivity contribution in [2.75, 3.05) is 18.1 Å². The Morgan fingerprint density at radius 2 is 1.71 bits per heavy atom. The van der Waals surface area contributed by atoms with Gasteiger partial charge >= 0.3 is 18.1 Å². The van der Waals surface area contributed by atoms with Crippen LogP contribution in [-0.4, -0.2) is 120 Å². The number of imide groups is 1. The minimum atomic E-state index is -1.12. The van der Waals surface area contributed by atoms with Gasteiger partial charge in [-0.1, -0.05) is 56.7 Å². The van der Waals surface area contributed by atoms with Gasteiger partial charge < -0.3 is 56.6 Å². The van der Waals surface area contributed by atoms with Crippen LogP contribution in [0.3, 0.4) is 0 Å². The van der Waals surface area contributed by atoms with Gasteiger partial charge in [-0.2, -0.15) is 0 Å². The van der Waals surface area contributed by atoms with Gasteiger partial charge in [-0.3, -0.25) is 29.4 Å². The Morgan fingerprint density at radius 1 is 1.01 bits per heavy atom. The second-order valence-corrected chi connectivity index (χ2v) is 18.0. The highest BCUT2D eigenvalue weighted by atomic mass is 16.6. The summed E-state index contributed by atoms with van der Waals surface area (Å²) in [6.45, 7) is 12.7. The lowest BCUT2D eigenvalue weighted by molar-refractivity contribution is -0.146. The largest absolute Gasteiger partial charge is 0.459 e. The third-order valence-electron chi connectivity index (χ3n) is 12.0. The first kappa shape index (κ1) is 54.9. The molecule has 4 rings (SSSR count). The quantitative estimate of drug-likeness (QED) is 0.0305. The molecule has 0 aliphatic carbocycles. The van der Waals surface area contributed by atoms with Gasteiger partial charge in [0, 0.05) is 19.4 Å². The second-order valence-electron chi connectivity index (χ2n) is 18.0. The molecular weight excluding hydrogens is 885 g/mol. The molecule has 11 N–H and O–H groups in total. The highest BCUT2D eigenvalue weighted by Crippen LogP contribution is 2.43. The van der Waals surface area contributed by atoms with E-state index in [0.29, 0.717) is 31.4 Å². The molecule has 3 heterocycles. The number of hydrogen-bond donors (Lipinski definition) is 8. The van der Waals surface area contributed by atoms with Crippen molar-refractivity contribution in [1.82, 2.24) is 21.5 Å². The van der Waals surface area contributed by atoms with Gasteiger partial charge in [-0.05, 0) is 88.6 Å². The van der Waals surface area contributed by atoms with Crippen molar-refractivity contribution < 1.29 is 62.4 Å². The van der Waals surface area contributed by atoms with E-state index in [2.05, 4.69) is 28.4 Å². The van der Waals surface area contributed by atoms with Crippen molar-refractivity contribution in [2.24, 2.45) is 29.0 Å². The molecule has 3 aliphatic rings. The summed E-state index contributed by atoms with van der Waals surface area (Å²) in [6, 6.07) is 2.58. The highest BCUT2D eigenvalue weighted by Gasteiger charge is 2.58. The number of aliphatic hydroxyl groups excluding tert-OH is 1. The van der Waals surface area contributed by atoms with Crippen LogP contribution in [-0.2, 0) is 54.3 Å². The molecule has 376 valence electrons. The van der Waals surface area contributed by atoms with Crippen LogP contribution >= 0.6 is 0 Å². The van der Waals surface area contributed by atoms with E-state index >= 15 is 0 Å². The second kappa shape index (κ2) is 25.6. The van der Waals surface area contributed by atoms with Crippen molar-refractivity contribution in [3.05, 3.63) is 65.8 Å². The van der Waals surface area contributed by atoms with Crippen LogP contribution in [0.25, 0.3) is 0 Å². The number of benzene rings is 1. The van der Waals surface area contributed by atoms with E-state index in [0.717, 1.165) is 10.5 Å². The smallest absolute Gasteiger partial charge is 0.426 e. The summed E-state index contributed by atoms with van der Waals surface area (Å²) in [5, 5.41) is 16.7. The van der Waals surface area contributed by atoms with Gasteiger partial charge in [-0.25, -0.2) is 19.9 Å². The van der Waals surface area contributed by atoms with Crippen LogP contribution in [0.2, 0.25) is 0 Å². The molecule has 0 bridgehead atoms. The average molecular weight is 955 g/mol. The molecular formula is C47H70N8O13. The number of amides is 7. The number of allylic oxidation sites excluding steroid dienone is 2. The van der Waals surface area contributed by atoms with Crippen LogP contribution in [0.15, 0.2) is 60.2 Å². The number of carbonyl (C=O) groups excluding carboxylic acids is 7. The normalized spacial score (nSPS) is 26.1. The number of hydrazine groups is 1. The molecule has 3 aliphatic heterocycles. The molecule has 68 heavy (non-hydrogen) atoms. The number of aliphatic hydroxyl groups is 1. The van der Waals surface area contributed by atoms with Crippen molar-refractivity contribution in [1.29, 1.82) is 0 Å². The third kappa shape index (κ3) is 16.5. The Hall–Kier alpha value is -5.71. The number of esters is 1. The Balaban J connectivity index is 1.23. The zero-order chi connectivity index (χ0) is 50.3. The Labute approximate surface area is 397 Å². The molecule has 21 nitrogen and oxygen atoms in total. The fourth-order valence-electron chi connectivity index (χ4n) is 7.86. The van der Waals surface area contributed by atoms with Gasteiger partial charge in [0.1, 0.15) is 36.6 Å². The lowest BCUT2D eigenvalue weighted by atomic mass is 9.87. The predicted octanol–water partition coefficient (Wildman–Crippen LogP) is 1.94. The van der Waals surface area contributed by atoms with E-state index in [1.54, 1.807) is 26.8 Å². The number of carbonyl (C=O) groups is 7. The fourth-order valence-corrected chi connectivity index (χ4v) is 7.86. The number of ether oxygens (including phenoxy) is 5. The van der Waals surface area contributed by atoms with Crippen molar-refractivity contribution >= 4 is 47.4 Å². The topological polar surface area (TPSA) is 319 Å². The van der Waals surface area contributed by atoms with Crippen molar-refractivity contribution in [2.45, 2.75) is 154 Å². The molecule has 21 heteroatoms. The summed E-state index contributed by atoms with van der Waals surface area (Å²) in [5.41, 5.74) is 22.3. The molecule has 0 radical (unpaired) electrons. The number of rotatable bonds is 20. The van der Waals surface area contributed by atoms with Crippen LogP contribution in [0.5, 0.6) is 0 Å². The number of nitrogens with zero attached hydrogens (tertiary/aromatic N) is 1. The Morgan fingerprint density at radius 3 is 2.32 bits per heavy atom. The lowest BCUT2D eigenvalue weighted by Gasteiger charge is -2.39. The molecule has 3 saturated heterocycles. The number of epoxide rings is 1. The molecule has 1 aromatic carbocycles. The summed E-state index contributed by atoms with van der Waals surface area (Å²) in [5.74, 6) is -2.69. The van der Waals surface area contributed by atoms with E-state index in [1.165, 1.54) is 43.3 Å². The summed E-state index contributed by atoms with van der Waals surface area (Å²) < 4.78 is 28.3. The number of nitrogens with one attached hydrogen (secondary N) is 4. The zero-order valence-electron chi connectivity index (χ0n) is 39.9. The molecule has 1 spiro atoms. The van der Waals surface area contributed by atoms with Crippen molar-refractivity contribution in [3.8, 4) is 0 Å². The maximum atomic E-state index is 13.5. The molecule has 0 aromatic heterocycles. The Kier molecular flexibility index (Phi) is 20.7. The molecule has 0 unspecified atom stereocenters. The monoisotopic (exact) mass is 955 g/mol. The number of urea groups is 1. The molecule has 0 saturated carbocycles. The van der Waals surface area contributed by atoms with Gasteiger partial charge in [0.25, 0.3) is 5.91 Å². The maximum absolute atomic E-state index is 13.5. The van der Waals surface area contributed by atoms with Gasteiger partial charge in [-0.15, -0.1) is 0 Å². The van der Waals surface area contributed by atoms with E-state index in [4.69, 9.17) is 40.9 Å². The van der Waals surface area contributed by atoms with E-state index in [9.17, 15) is 38.7 Å². The minimum absolute atomic E-state index is 0.0930. The van der Waals surface area contributed by atoms with E-state index in [1.807, 2.05) is 26.0 Å². The van der Waals surface area contributed by atoms with E-state index < -0.39 is 77.9 Å². The van der Waals surface area contributed by atoms with Crippen LogP contribution in [0.1, 0.15) is 92.6 Å². The first-order valence-electron chi connectivity index (χ1n) is 23.0. The molecule has 11 atom stereocenters. The third-order valence-corrected chi connectivity index (χ3v) is 12.0. The van der Waals surface area contributed by atoms with Crippen molar-refractivity contribution in [3.63, 3.8) is 0 Å². The molecule has 7 amide bonds. The number of nitrogens with two attached hydrogens (primary N) is 3. The Bertz CT molecular complexity index is 2020. The summed E-state index contributed by atoms with van der Waals surface area (Å²) in [7, 11) is 0. The summed E-state index contributed by atoms with van der Waals surface area (Å²) in [6.07, 6.45) is 6.20. The minimum Gasteiger partial charge on any atom is -0.459 e. The number of primary amides is 1. The summed E-state index contributed by atoms with van der Waals surface area (Å²) in [4.78, 5) is 88.5. The van der Waals surface area contributed by atoms with E-state index in [-0.39, 0.29) is 74.1 Å². The molecule has 3 fully saturated rings. The first-order chi connectivity index (χ1) is 32.1. The van der Waals surface area contributed by atoms with Gasteiger partial charge in [0.2, 0.25) is 17.7 Å². The van der Waals surface area contributed by atoms with Gasteiger partial charge in [0.05, 0.1) is 49.1 Å². The fraction of sp³-hybridized carbons (Fsp3) is 0.596.